The number of nitrogens with one attached hydrogen (secondary N) is 1. The average molecular weight is 465 g/mol. The molecule has 0 atom stereocenters. The van der Waals surface area contributed by atoms with Gasteiger partial charge in [-0.05, 0) is 37.2 Å². The maximum absolute atomic E-state index is 12.7. The van der Waals surface area contributed by atoms with E-state index in [9.17, 15) is 4.79 Å². The number of carbonyl (C=O) groups excluding carboxylic acids is 1. The van der Waals surface area contributed by atoms with E-state index in [2.05, 4.69) is 38.5 Å². The molecule has 2 aliphatic rings. The van der Waals surface area contributed by atoms with Crippen LogP contribution in [0.5, 0.6) is 5.75 Å². The number of piperazine rings is 1. The molecule has 0 spiro atoms. The number of thioether (sulfide) groups is 1. The normalized spacial score (nSPS) is 15.6. The Kier molecular flexibility index (Phi) is 6.55. The molecule has 172 valence electrons. The van der Waals surface area contributed by atoms with Crippen LogP contribution >= 0.6 is 11.8 Å². The van der Waals surface area contributed by atoms with E-state index in [0.717, 1.165) is 67.5 Å². The summed E-state index contributed by atoms with van der Waals surface area (Å²) in [7, 11) is 1.72. The number of amides is 1. The highest BCUT2D eigenvalue weighted by Gasteiger charge is 2.27. The molecule has 1 fully saturated rings. The van der Waals surface area contributed by atoms with Crippen molar-refractivity contribution in [2.24, 2.45) is 0 Å². The Bertz CT molecular complexity index is 1120. The molecule has 3 aromatic rings. The molecule has 33 heavy (non-hydrogen) atoms. The monoisotopic (exact) mass is 464 g/mol. The Hall–Kier alpha value is -2.97. The lowest BCUT2D eigenvalue weighted by molar-refractivity contribution is 0.0942. The molecule has 0 saturated carbocycles. The molecule has 8 heteroatoms. The largest absolute Gasteiger partial charge is 0.495 e. The predicted octanol–water partition coefficient (Wildman–Crippen LogP) is 3.90. The number of carbonyl (C=O) groups is 1. The first kappa shape index (κ1) is 21.9. The molecule has 0 bridgehead atoms. The Balaban J connectivity index is 1.09. The van der Waals surface area contributed by atoms with Gasteiger partial charge in [-0.1, -0.05) is 29.4 Å². The Morgan fingerprint density at radius 1 is 1.12 bits per heavy atom. The fourth-order valence-electron chi connectivity index (χ4n) is 4.45. The van der Waals surface area contributed by atoms with E-state index in [-0.39, 0.29) is 5.91 Å². The zero-order valence-electron chi connectivity index (χ0n) is 18.8. The van der Waals surface area contributed by atoms with Gasteiger partial charge in [0.2, 0.25) is 0 Å². The summed E-state index contributed by atoms with van der Waals surface area (Å²) in [6, 6.07) is 16.3. The van der Waals surface area contributed by atoms with E-state index >= 15 is 0 Å². The first-order chi connectivity index (χ1) is 16.2. The van der Waals surface area contributed by atoms with Gasteiger partial charge in [0.05, 0.1) is 12.8 Å². The molecule has 0 radical (unpaired) electrons. The molecule has 3 heterocycles. The second-order valence-electron chi connectivity index (χ2n) is 8.23. The van der Waals surface area contributed by atoms with Gasteiger partial charge in [-0.2, -0.15) is 0 Å². The topological polar surface area (TPSA) is 70.8 Å². The third-order valence-corrected chi connectivity index (χ3v) is 7.34. The number of aromatic nitrogens is 1. The molecule has 1 saturated heterocycles. The van der Waals surface area contributed by atoms with Gasteiger partial charge in [-0.3, -0.25) is 9.69 Å². The third-order valence-electron chi connectivity index (χ3n) is 6.24. The van der Waals surface area contributed by atoms with Crippen LogP contribution < -0.4 is 15.0 Å². The Labute approximate surface area is 198 Å². The molecule has 0 unspecified atom stereocenters. The number of rotatable bonds is 7. The molecule has 2 aromatic carbocycles. The molecule has 1 amide bonds. The van der Waals surface area contributed by atoms with Crippen molar-refractivity contribution in [2.75, 3.05) is 51.3 Å². The summed E-state index contributed by atoms with van der Waals surface area (Å²) < 4.78 is 11.1. The zero-order valence-corrected chi connectivity index (χ0v) is 19.6. The highest BCUT2D eigenvalue weighted by molar-refractivity contribution is 7.98. The van der Waals surface area contributed by atoms with Crippen LogP contribution in [0.15, 0.2) is 57.9 Å². The second-order valence-corrected chi connectivity index (χ2v) is 9.25. The van der Waals surface area contributed by atoms with Crippen LogP contribution in [0.1, 0.15) is 22.5 Å². The van der Waals surface area contributed by atoms with E-state index in [0.29, 0.717) is 18.0 Å². The van der Waals surface area contributed by atoms with E-state index in [1.165, 1.54) is 4.90 Å². The minimum Gasteiger partial charge on any atom is -0.495 e. The SMILES string of the molecule is COc1ccccc1N1CCN(CCCNC(=O)c2noc3c2CSc2ccccc2-3)CC1. The summed E-state index contributed by atoms with van der Waals surface area (Å²) in [6.45, 7) is 5.52. The first-order valence-corrected chi connectivity index (χ1v) is 12.3. The van der Waals surface area contributed by atoms with Crippen molar-refractivity contribution < 1.29 is 14.1 Å². The summed E-state index contributed by atoms with van der Waals surface area (Å²) in [4.78, 5) is 18.7. The number of hydrogen-bond donors (Lipinski definition) is 1. The van der Waals surface area contributed by atoms with Crippen molar-refractivity contribution in [1.29, 1.82) is 0 Å². The summed E-state index contributed by atoms with van der Waals surface area (Å²) in [5.74, 6) is 2.20. The molecule has 1 N–H and O–H groups in total. The van der Waals surface area contributed by atoms with Gasteiger partial charge >= 0.3 is 0 Å². The van der Waals surface area contributed by atoms with E-state index in [4.69, 9.17) is 9.26 Å². The molecule has 2 aliphatic heterocycles. The molecular formula is C25H28N4O3S. The maximum Gasteiger partial charge on any atom is 0.273 e. The van der Waals surface area contributed by atoms with Crippen LogP contribution in [0.3, 0.4) is 0 Å². The lowest BCUT2D eigenvalue weighted by Gasteiger charge is -2.36. The molecule has 0 aliphatic carbocycles. The van der Waals surface area contributed by atoms with Crippen molar-refractivity contribution in [3.05, 3.63) is 59.8 Å². The van der Waals surface area contributed by atoms with Crippen LogP contribution in [-0.4, -0.2) is 62.3 Å². The number of benzene rings is 2. The minimum absolute atomic E-state index is 0.152. The van der Waals surface area contributed by atoms with Gasteiger partial charge in [0.25, 0.3) is 5.91 Å². The third kappa shape index (κ3) is 4.58. The van der Waals surface area contributed by atoms with Crippen molar-refractivity contribution in [1.82, 2.24) is 15.4 Å². The fourth-order valence-corrected chi connectivity index (χ4v) is 5.51. The van der Waals surface area contributed by atoms with Gasteiger partial charge in [0, 0.05) is 54.5 Å². The second kappa shape index (κ2) is 9.89. The van der Waals surface area contributed by atoms with Crippen LogP contribution in [-0.2, 0) is 5.75 Å². The molecule has 5 rings (SSSR count). The molecule has 1 aromatic heterocycles. The Morgan fingerprint density at radius 3 is 2.76 bits per heavy atom. The first-order valence-electron chi connectivity index (χ1n) is 11.3. The highest BCUT2D eigenvalue weighted by atomic mass is 32.2. The summed E-state index contributed by atoms with van der Waals surface area (Å²) >= 11 is 1.72. The minimum atomic E-state index is -0.152. The van der Waals surface area contributed by atoms with Gasteiger partial charge in [-0.25, -0.2) is 0 Å². The lowest BCUT2D eigenvalue weighted by Crippen LogP contribution is -2.47. The number of anilines is 1. The fraction of sp³-hybridized carbons (Fsp3) is 0.360. The van der Waals surface area contributed by atoms with Crippen molar-refractivity contribution in [3.8, 4) is 17.1 Å². The highest BCUT2D eigenvalue weighted by Crippen LogP contribution is 2.42. The van der Waals surface area contributed by atoms with Crippen LogP contribution in [0.25, 0.3) is 11.3 Å². The van der Waals surface area contributed by atoms with Gasteiger partial charge < -0.3 is 19.5 Å². The van der Waals surface area contributed by atoms with Crippen molar-refractivity contribution in [3.63, 3.8) is 0 Å². The van der Waals surface area contributed by atoms with E-state index in [1.54, 1.807) is 18.9 Å². The Morgan fingerprint density at radius 2 is 1.91 bits per heavy atom. The predicted molar refractivity (Wildman–Crippen MR) is 130 cm³/mol. The van der Waals surface area contributed by atoms with Crippen LogP contribution in [0.2, 0.25) is 0 Å². The summed E-state index contributed by atoms with van der Waals surface area (Å²) in [5, 5.41) is 7.11. The van der Waals surface area contributed by atoms with Crippen molar-refractivity contribution >= 4 is 23.4 Å². The van der Waals surface area contributed by atoms with Crippen LogP contribution in [0.4, 0.5) is 5.69 Å². The maximum atomic E-state index is 12.7. The standard InChI is InChI=1S/C25H28N4O3S/c1-31-21-9-4-3-8-20(21)29-15-13-28(14-16-29)12-6-11-26-25(30)23-19-17-33-22-10-5-2-7-18(22)24(19)32-27-23/h2-5,7-10H,6,11-17H2,1H3,(H,26,30). The number of para-hydroxylation sites is 2. The average Bonchev–Trinajstić information content (AvgIpc) is 3.32. The summed E-state index contributed by atoms with van der Waals surface area (Å²) in [5.41, 5.74) is 3.48. The van der Waals surface area contributed by atoms with E-state index < -0.39 is 0 Å². The van der Waals surface area contributed by atoms with E-state index in [1.807, 2.05) is 30.3 Å². The number of methoxy groups -OCH3 is 1. The zero-order chi connectivity index (χ0) is 22.6. The molecule has 7 nitrogen and oxygen atoms in total. The lowest BCUT2D eigenvalue weighted by atomic mass is 10.1. The number of fused-ring (bicyclic) bond motifs is 3. The van der Waals surface area contributed by atoms with Crippen molar-refractivity contribution in [2.45, 2.75) is 17.1 Å². The quantitative estimate of drug-likeness (QED) is 0.532. The van der Waals surface area contributed by atoms with Gasteiger partial charge in [0.1, 0.15) is 5.75 Å². The smallest absolute Gasteiger partial charge is 0.273 e. The number of nitrogens with zero attached hydrogens (tertiary/aromatic N) is 3. The van der Waals surface area contributed by atoms with Crippen LogP contribution in [0, 0.1) is 0 Å². The van der Waals surface area contributed by atoms with Gasteiger partial charge in [-0.15, -0.1) is 11.8 Å². The number of ether oxygens (including phenoxy) is 1. The summed E-state index contributed by atoms with van der Waals surface area (Å²) in [6.07, 6.45) is 0.901. The number of hydrogen-bond acceptors (Lipinski definition) is 7. The van der Waals surface area contributed by atoms with Gasteiger partial charge in [0.15, 0.2) is 11.5 Å². The molecular weight excluding hydrogens is 436 g/mol.